The Morgan fingerprint density at radius 2 is 2.22 bits per heavy atom. The SMILES string of the molecule is CCc1cc(C(=O)NC2C[C@H]3CC[C@@H](C2)N3)no1. The summed E-state index contributed by atoms with van der Waals surface area (Å²) < 4.78 is 5.06. The zero-order chi connectivity index (χ0) is 12.5. The van der Waals surface area contributed by atoms with E-state index in [-0.39, 0.29) is 11.9 Å². The second kappa shape index (κ2) is 4.72. The molecule has 1 unspecified atom stereocenters. The number of nitrogens with one attached hydrogen (secondary N) is 2. The standard InChI is InChI=1S/C13H19N3O2/c1-2-11-7-12(16-18-11)13(17)15-10-5-8-3-4-9(6-10)14-8/h7-10,14H,2-6H2,1H3,(H,15,17)/t8-,9+,10?. The van der Waals surface area contributed by atoms with Crippen LogP contribution >= 0.6 is 0 Å². The zero-order valence-corrected chi connectivity index (χ0v) is 10.6. The monoisotopic (exact) mass is 249 g/mol. The van der Waals surface area contributed by atoms with E-state index in [9.17, 15) is 4.79 Å². The van der Waals surface area contributed by atoms with Crippen molar-refractivity contribution in [1.82, 2.24) is 15.8 Å². The lowest BCUT2D eigenvalue weighted by atomic mass is 10.00. The Morgan fingerprint density at radius 3 is 2.83 bits per heavy atom. The predicted octanol–water partition coefficient (Wildman–Crippen LogP) is 1.25. The van der Waals surface area contributed by atoms with Gasteiger partial charge in [0, 0.05) is 30.6 Å². The van der Waals surface area contributed by atoms with Gasteiger partial charge in [-0.3, -0.25) is 4.79 Å². The third-order valence-corrected chi connectivity index (χ3v) is 3.95. The molecular weight excluding hydrogens is 230 g/mol. The summed E-state index contributed by atoms with van der Waals surface area (Å²) in [5, 5.41) is 10.4. The molecule has 1 amide bonds. The number of rotatable bonds is 3. The average Bonchev–Trinajstić information content (AvgIpc) is 2.96. The minimum Gasteiger partial charge on any atom is -0.361 e. The van der Waals surface area contributed by atoms with Crippen LogP contribution in [0.2, 0.25) is 0 Å². The maximum absolute atomic E-state index is 12.0. The molecule has 2 saturated heterocycles. The van der Waals surface area contributed by atoms with Gasteiger partial charge in [0.15, 0.2) is 5.69 Å². The van der Waals surface area contributed by atoms with E-state index < -0.39 is 0 Å². The normalized spacial score (nSPS) is 30.4. The number of carbonyl (C=O) groups is 1. The number of piperidine rings is 1. The molecule has 0 saturated carbocycles. The van der Waals surface area contributed by atoms with Crippen LogP contribution in [-0.4, -0.2) is 29.2 Å². The van der Waals surface area contributed by atoms with E-state index >= 15 is 0 Å². The highest BCUT2D eigenvalue weighted by Crippen LogP contribution is 2.26. The van der Waals surface area contributed by atoms with E-state index in [0.29, 0.717) is 17.8 Å². The van der Waals surface area contributed by atoms with Crippen LogP contribution in [-0.2, 0) is 6.42 Å². The Kier molecular flexibility index (Phi) is 3.07. The number of fused-ring (bicyclic) bond motifs is 2. The Labute approximate surface area is 106 Å². The Bertz CT molecular complexity index is 431. The number of hydrogen-bond donors (Lipinski definition) is 2. The molecule has 5 heteroatoms. The topological polar surface area (TPSA) is 67.2 Å². The summed E-state index contributed by atoms with van der Waals surface area (Å²) in [4.78, 5) is 12.0. The Hall–Kier alpha value is -1.36. The molecule has 3 atom stereocenters. The van der Waals surface area contributed by atoms with Gasteiger partial charge in [0.05, 0.1) is 0 Å². The second-order valence-electron chi connectivity index (χ2n) is 5.31. The number of aryl methyl sites for hydroxylation is 1. The van der Waals surface area contributed by atoms with Gasteiger partial charge in [0.1, 0.15) is 5.76 Å². The largest absolute Gasteiger partial charge is 0.361 e. The zero-order valence-electron chi connectivity index (χ0n) is 10.6. The first-order valence-electron chi connectivity index (χ1n) is 6.77. The van der Waals surface area contributed by atoms with Crippen molar-refractivity contribution in [2.45, 2.75) is 57.2 Å². The van der Waals surface area contributed by atoms with Crippen LogP contribution < -0.4 is 10.6 Å². The van der Waals surface area contributed by atoms with Crippen molar-refractivity contribution in [2.24, 2.45) is 0 Å². The second-order valence-corrected chi connectivity index (χ2v) is 5.31. The number of hydrogen-bond acceptors (Lipinski definition) is 4. The van der Waals surface area contributed by atoms with E-state index in [1.165, 1.54) is 12.8 Å². The Morgan fingerprint density at radius 1 is 1.50 bits per heavy atom. The van der Waals surface area contributed by atoms with Crippen LogP contribution in [0.4, 0.5) is 0 Å². The highest BCUT2D eigenvalue weighted by atomic mass is 16.5. The van der Waals surface area contributed by atoms with Gasteiger partial charge in [-0.1, -0.05) is 12.1 Å². The van der Waals surface area contributed by atoms with E-state index in [0.717, 1.165) is 25.0 Å². The molecule has 2 N–H and O–H groups in total. The van der Waals surface area contributed by atoms with Crippen LogP contribution in [0.5, 0.6) is 0 Å². The molecule has 0 spiro atoms. The third-order valence-electron chi connectivity index (χ3n) is 3.95. The van der Waals surface area contributed by atoms with Crippen LogP contribution in [0, 0.1) is 0 Å². The van der Waals surface area contributed by atoms with Crippen molar-refractivity contribution in [3.63, 3.8) is 0 Å². The molecule has 2 aliphatic rings. The molecule has 1 aromatic rings. The summed E-state index contributed by atoms with van der Waals surface area (Å²) in [7, 11) is 0. The molecule has 0 aliphatic carbocycles. The first kappa shape index (κ1) is 11.7. The molecule has 0 aromatic carbocycles. The van der Waals surface area contributed by atoms with Crippen molar-refractivity contribution in [3.05, 3.63) is 17.5 Å². The van der Waals surface area contributed by atoms with Crippen LogP contribution in [0.15, 0.2) is 10.6 Å². The smallest absolute Gasteiger partial charge is 0.273 e. The molecule has 0 radical (unpaired) electrons. The highest BCUT2D eigenvalue weighted by molar-refractivity contribution is 5.92. The molecule has 2 aliphatic heterocycles. The van der Waals surface area contributed by atoms with E-state index in [4.69, 9.17) is 4.52 Å². The molecule has 18 heavy (non-hydrogen) atoms. The van der Waals surface area contributed by atoms with Crippen molar-refractivity contribution >= 4 is 5.91 Å². The summed E-state index contributed by atoms with van der Waals surface area (Å²) >= 11 is 0. The van der Waals surface area contributed by atoms with Gasteiger partial charge in [0.2, 0.25) is 0 Å². The first-order chi connectivity index (χ1) is 8.74. The summed E-state index contributed by atoms with van der Waals surface area (Å²) in [6.07, 6.45) is 5.29. The van der Waals surface area contributed by atoms with Gasteiger partial charge in [-0.25, -0.2) is 0 Å². The maximum Gasteiger partial charge on any atom is 0.273 e. The molecule has 3 rings (SSSR count). The van der Waals surface area contributed by atoms with Gasteiger partial charge in [-0.05, 0) is 25.7 Å². The van der Waals surface area contributed by atoms with Crippen LogP contribution in [0.25, 0.3) is 0 Å². The lowest BCUT2D eigenvalue weighted by Crippen LogP contribution is -2.48. The van der Waals surface area contributed by atoms with Gasteiger partial charge in [-0.15, -0.1) is 0 Å². The predicted molar refractivity (Wildman–Crippen MR) is 66.3 cm³/mol. The van der Waals surface area contributed by atoms with E-state index in [1.54, 1.807) is 6.07 Å². The lowest BCUT2D eigenvalue weighted by molar-refractivity contribution is 0.0914. The van der Waals surface area contributed by atoms with Crippen molar-refractivity contribution in [1.29, 1.82) is 0 Å². The maximum atomic E-state index is 12.0. The molecule has 2 fully saturated rings. The van der Waals surface area contributed by atoms with Crippen molar-refractivity contribution in [3.8, 4) is 0 Å². The average molecular weight is 249 g/mol. The minimum atomic E-state index is -0.107. The number of nitrogens with zero attached hydrogens (tertiary/aromatic N) is 1. The first-order valence-corrected chi connectivity index (χ1v) is 6.77. The van der Waals surface area contributed by atoms with Gasteiger partial charge in [0.25, 0.3) is 5.91 Å². The van der Waals surface area contributed by atoms with Crippen LogP contribution in [0.3, 0.4) is 0 Å². The van der Waals surface area contributed by atoms with Gasteiger partial charge >= 0.3 is 0 Å². The molecule has 5 nitrogen and oxygen atoms in total. The third kappa shape index (κ3) is 2.27. The van der Waals surface area contributed by atoms with Crippen molar-refractivity contribution < 1.29 is 9.32 Å². The summed E-state index contributed by atoms with van der Waals surface area (Å²) in [6.45, 7) is 1.98. The number of amides is 1. The fourth-order valence-corrected chi connectivity index (χ4v) is 3.02. The minimum absolute atomic E-state index is 0.107. The number of aromatic nitrogens is 1. The summed E-state index contributed by atoms with van der Waals surface area (Å²) in [5.41, 5.74) is 0.401. The van der Waals surface area contributed by atoms with E-state index in [1.807, 2.05) is 6.92 Å². The molecular formula is C13H19N3O2. The van der Waals surface area contributed by atoms with Crippen LogP contribution in [0.1, 0.15) is 48.9 Å². The van der Waals surface area contributed by atoms with Gasteiger partial charge in [-0.2, -0.15) is 0 Å². The molecule has 2 bridgehead atoms. The Balaban J connectivity index is 1.60. The fraction of sp³-hybridized carbons (Fsp3) is 0.692. The highest BCUT2D eigenvalue weighted by Gasteiger charge is 2.34. The number of carbonyl (C=O) groups excluding carboxylic acids is 1. The fourth-order valence-electron chi connectivity index (χ4n) is 3.02. The lowest BCUT2D eigenvalue weighted by Gasteiger charge is -2.29. The quantitative estimate of drug-likeness (QED) is 0.846. The summed E-state index contributed by atoms with van der Waals surface area (Å²) in [6, 6.07) is 3.17. The van der Waals surface area contributed by atoms with Gasteiger partial charge < -0.3 is 15.2 Å². The molecule has 1 aromatic heterocycles. The molecule has 98 valence electrons. The summed E-state index contributed by atoms with van der Waals surface area (Å²) in [5.74, 6) is 0.648. The van der Waals surface area contributed by atoms with Crippen molar-refractivity contribution in [2.75, 3.05) is 0 Å². The molecule has 3 heterocycles. The van der Waals surface area contributed by atoms with E-state index in [2.05, 4.69) is 15.8 Å².